The molecule has 0 bridgehead atoms. The number of nitrogens with one attached hydrogen (secondary N) is 1. The van der Waals surface area contributed by atoms with Crippen molar-refractivity contribution in [3.63, 3.8) is 0 Å². The number of thioether (sulfide) groups is 2. The average molecular weight is 259 g/mol. The summed E-state index contributed by atoms with van der Waals surface area (Å²) in [5.41, 5.74) is 0.561. The Bertz CT molecular complexity index is 224. The van der Waals surface area contributed by atoms with Crippen LogP contribution >= 0.6 is 23.5 Å². The Kier molecular flexibility index (Phi) is 4.53. The second kappa shape index (κ2) is 5.53. The summed E-state index contributed by atoms with van der Waals surface area (Å²) in [4.78, 5) is 0. The second-order valence-electron chi connectivity index (χ2n) is 6.13. The van der Waals surface area contributed by atoms with E-state index in [4.69, 9.17) is 0 Å². The molecule has 2 aliphatic rings. The lowest BCUT2D eigenvalue weighted by Gasteiger charge is -2.25. The van der Waals surface area contributed by atoms with E-state index in [1.54, 1.807) is 0 Å². The summed E-state index contributed by atoms with van der Waals surface area (Å²) < 4.78 is 0. The molecule has 3 atom stereocenters. The minimum Gasteiger partial charge on any atom is -0.313 e. The highest BCUT2D eigenvalue weighted by molar-refractivity contribution is 8.06. The molecule has 1 aliphatic carbocycles. The summed E-state index contributed by atoms with van der Waals surface area (Å²) in [6.07, 6.45) is 2.75. The molecule has 3 unspecified atom stereocenters. The molecular formula is C13H25NS2. The molecule has 16 heavy (non-hydrogen) atoms. The van der Waals surface area contributed by atoms with Crippen LogP contribution in [0, 0.1) is 11.3 Å². The van der Waals surface area contributed by atoms with Crippen molar-refractivity contribution in [2.75, 3.05) is 23.8 Å². The molecule has 0 aromatic rings. The van der Waals surface area contributed by atoms with Crippen LogP contribution in [0.25, 0.3) is 0 Å². The predicted octanol–water partition coefficient (Wildman–Crippen LogP) is 3.25. The van der Waals surface area contributed by atoms with Crippen LogP contribution in [0.2, 0.25) is 0 Å². The van der Waals surface area contributed by atoms with Gasteiger partial charge in [0.05, 0.1) is 0 Å². The number of hydrogen-bond acceptors (Lipinski definition) is 3. The van der Waals surface area contributed by atoms with Crippen molar-refractivity contribution in [1.29, 1.82) is 0 Å². The summed E-state index contributed by atoms with van der Waals surface area (Å²) in [6.45, 7) is 8.46. The third-order valence-electron chi connectivity index (χ3n) is 3.83. The van der Waals surface area contributed by atoms with Gasteiger partial charge in [-0.3, -0.25) is 0 Å². The van der Waals surface area contributed by atoms with Gasteiger partial charge in [-0.15, -0.1) is 0 Å². The fourth-order valence-electron chi connectivity index (χ4n) is 3.10. The molecule has 0 aromatic heterocycles. The molecule has 1 heterocycles. The molecule has 1 saturated heterocycles. The van der Waals surface area contributed by atoms with Gasteiger partial charge in [0.25, 0.3) is 0 Å². The van der Waals surface area contributed by atoms with Crippen molar-refractivity contribution in [2.24, 2.45) is 11.3 Å². The third-order valence-corrected chi connectivity index (χ3v) is 6.67. The Morgan fingerprint density at radius 1 is 1.25 bits per heavy atom. The highest BCUT2D eigenvalue weighted by atomic mass is 32.2. The average Bonchev–Trinajstić information content (AvgIpc) is 2.50. The minimum absolute atomic E-state index is 0.561. The predicted molar refractivity (Wildman–Crippen MR) is 77.5 cm³/mol. The van der Waals surface area contributed by atoms with Gasteiger partial charge in [0, 0.05) is 35.1 Å². The summed E-state index contributed by atoms with van der Waals surface area (Å²) in [6, 6.07) is 0.766. The zero-order valence-corrected chi connectivity index (χ0v) is 12.4. The Morgan fingerprint density at radius 3 is 2.62 bits per heavy atom. The van der Waals surface area contributed by atoms with Gasteiger partial charge in [0.1, 0.15) is 0 Å². The quantitative estimate of drug-likeness (QED) is 0.835. The van der Waals surface area contributed by atoms with Crippen molar-refractivity contribution in [3.8, 4) is 0 Å². The Balaban J connectivity index is 1.73. The van der Waals surface area contributed by atoms with E-state index in [2.05, 4.69) is 49.6 Å². The number of hydrogen-bond donors (Lipinski definition) is 1. The Morgan fingerprint density at radius 2 is 2.06 bits per heavy atom. The molecule has 3 heteroatoms. The summed E-state index contributed by atoms with van der Waals surface area (Å²) in [7, 11) is 0. The first-order valence-electron chi connectivity index (χ1n) is 6.49. The Labute approximate surface area is 109 Å². The van der Waals surface area contributed by atoms with Crippen LogP contribution in [0.15, 0.2) is 0 Å². The van der Waals surface area contributed by atoms with Crippen LogP contribution in [0.1, 0.15) is 33.6 Å². The molecule has 1 N–H and O–H groups in total. The van der Waals surface area contributed by atoms with Crippen molar-refractivity contribution in [3.05, 3.63) is 0 Å². The molecular weight excluding hydrogens is 234 g/mol. The lowest BCUT2D eigenvalue weighted by atomic mass is 9.91. The molecule has 2 fully saturated rings. The molecule has 1 nitrogen and oxygen atoms in total. The minimum atomic E-state index is 0.561. The highest BCUT2D eigenvalue weighted by Gasteiger charge is 2.36. The molecule has 0 spiro atoms. The van der Waals surface area contributed by atoms with Crippen LogP contribution in [0.3, 0.4) is 0 Å². The first-order valence-corrected chi connectivity index (χ1v) is 8.70. The lowest BCUT2D eigenvalue weighted by molar-refractivity contribution is 0.362. The SMILES string of the molecule is CC1CC(C)(C)CC1NCC1CSCCS1. The summed E-state index contributed by atoms with van der Waals surface area (Å²) >= 11 is 4.29. The molecule has 0 radical (unpaired) electrons. The maximum atomic E-state index is 3.82. The zero-order valence-electron chi connectivity index (χ0n) is 10.8. The topological polar surface area (TPSA) is 12.0 Å². The zero-order chi connectivity index (χ0) is 11.6. The van der Waals surface area contributed by atoms with Gasteiger partial charge in [-0.05, 0) is 24.2 Å². The number of rotatable bonds is 3. The molecule has 2 rings (SSSR count). The fraction of sp³-hybridized carbons (Fsp3) is 1.00. The highest BCUT2D eigenvalue weighted by Crippen LogP contribution is 2.40. The standard InChI is InChI=1S/C13H25NS2/c1-10-6-13(2,3)7-12(10)14-8-11-9-15-4-5-16-11/h10-12,14H,4-9H2,1-3H3. The van der Waals surface area contributed by atoms with Crippen LogP contribution < -0.4 is 5.32 Å². The maximum Gasteiger partial charge on any atom is 0.0263 e. The van der Waals surface area contributed by atoms with Crippen molar-refractivity contribution in [2.45, 2.75) is 44.9 Å². The van der Waals surface area contributed by atoms with Crippen molar-refractivity contribution >= 4 is 23.5 Å². The van der Waals surface area contributed by atoms with E-state index >= 15 is 0 Å². The molecule has 94 valence electrons. The normalized spacial score (nSPS) is 38.8. The fourth-order valence-corrected chi connectivity index (χ4v) is 5.73. The summed E-state index contributed by atoms with van der Waals surface area (Å²) in [5.74, 6) is 4.91. The molecule has 0 aromatic carbocycles. The van der Waals surface area contributed by atoms with E-state index in [9.17, 15) is 0 Å². The summed E-state index contributed by atoms with van der Waals surface area (Å²) in [5, 5.41) is 4.68. The van der Waals surface area contributed by atoms with Gasteiger partial charge in [-0.25, -0.2) is 0 Å². The third kappa shape index (κ3) is 3.58. The lowest BCUT2D eigenvalue weighted by Crippen LogP contribution is -2.38. The maximum absolute atomic E-state index is 3.82. The van der Waals surface area contributed by atoms with E-state index in [1.807, 2.05) is 0 Å². The van der Waals surface area contributed by atoms with Crippen LogP contribution in [0.5, 0.6) is 0 Å². The van der Waals surface area contributed by atoms with Gasteiger partial charge >= 0.3 is 0 Å². The van der Waals surface area contributed by atoms with Crippen LogP contribution in [0.4, 0.5) is 0 Å². The molecule has 1 aliphatic heterocycles. The second-order valence-corrected chi connectivity index (χ2v) is 8.69. The Hall–Kier alpha value is 0.660. The van der Waals surface area contributed by atoms with Gasteiger partial charge in [-0.1, -0.05) is 20.8 Å². The van der Waals surface area contributed by atoms with Crippen LogP contribution in [-0.2, 0) is 0 Å². The molecule has 1 saturated carbocycles. The van der Waals surface area contributed by atoms with Gasteiger partial charge in [-0.2, -0.15) is 23.5 Å². The largest absolute Gasteiger partial charge is 0.313 e. The van der Waals surface area contributed by atoms with Gasteiger partial charge in [0.2, 0.25) is 0 Å². The first-order chi connectivity index (χ1) is 7.57. The van der Waals surface area contributed by atoms with Gasteiger partial charge in [0.15, 0.2) is 0 Å². The smallest absolute Gasteiger partial charge is 0.0263 e. The van der Waals surface area contributed by atoms with E-state index in [0.717, 1.165) is 17.2 Å². The van der Waals surface area contributed by atoms with Crippen LogP contribution in [-0.4, -0.2) is 35.1 Å². The first kappa shape index (κ1) is 13.1. The molecule has 0 amide bonds. The van der Waals surface area contributed by atoms with E-state index in [0.29, 0.717) is 5.41 Å². The van der Waals surface area contributed by atoms with E-state index in [1.165, 1.54) is 36.6 Å². The van der Waals surface area contributed by atoms with Crippen molar-refractivity contribution in [1.82, 2.24) is 5.32 Å². The van der Waals surface area contributed by atoms with Crippen molar-refractivity contribution < 1.29 is 0 Å². The van der Waals surface area contributed by atoms with Gasteiger partial charge < -0.3 is 5.32 Å². The monoisotopic (exact) mass is 259 g/mol. The van der Waals surface area contributed by atoms with E-state index in [-0.39, 0.29) is 0 Å². The van der Waals surface area contributed by atoms with E-state index < -0.39 is 0 Å².